The van der Waals surface area contributed by atoms with Gasteiger partial charge in [0.15, 0.2) is 0 Å². The number of nitrogens with zero attached hydrogens (tertiary/aromatic N) is 2. The van der Waals surface area contributed by atoms with Crippen molar-refractivity contribution in [3.05, 3.63) is 21.8 Å². The minimum absolute atomic E-state index is 0.0550. The number of halogens is 3. The quantitative estimate of drug-likeness (QED) is 0.120. The van der Waals surface area contributed by atoms with Crippen LogP contribution in [0.5, 0.6) is 0 Å². The van der Waals surface area contributed by atoms with E-state index in [0.717, 1.165) is 12.8 Å². The average Bonchev–Trinajstić information content (AvgIpc) is 2.94. The lowest BCUT2D eigenvalue weighted by atomic mass is 9.98. The third-order valence-electron chi connectivity index (χ3n) is 7.06. The molecular formula is C27H40I3N5O7. The Kier molecular flexibility index (Phi) is 16.2. The van der Waals surface area contributed by atoms with Gasteiger partial charge in [-0.25, -0.2) is 0 Å². The summed E-state index contributed by atoms with van der Waals surface area (Å²) in [4.78, 5) is 56.8. The van der Waals surface area contributed by atoms with Gasteiger partial charge in [0.2, 0.25) is 5.91 Å². The first-order valence-corrected chi connectivity index (χ1v) is 17.1. The molecule has 1 saturated heterocycles. The second-order valence-corrected chi connectivity index (χ2v) is 13.5. The number of unbranched alkanes of at least 4 members (excludes halogenated alkanes) is 1. The Morgan fingerprint density at radius 3 is 2.10 bits per heavy atom. The number of nitrogens with two attached hydrogens (primary N) is 1. The Labute approximate surface area is 287 Å². The third-order valence-corrected chi connectivity index (χ3v) is 10.3. The van der Waals surface area contributed by atoms with Gasteiger partial charge in [0.1, 0.15) is 12.1 Å². The van der Waals surface area contributed by atoms with Crippen LogP contribution in [0.1, 0.15) is 66.7 Å². The molecule has 2 rings (SSSR count). The van der Waals surface area contributed by atoms with E-state index >= 15 is 0 Å². The van der Waals surface area contributed by atoms with Gasteiger partial charge in [-0.05, 0) is 119 Å². The number of carbonyl (C=O) groups is 4. The number of benzene rings is 1. The molecule has 1 aromatic rings. The first kappa shape index (κ1) is 37.3. The number of anilines is 1. The second-order valence-electron chi connectivity index (χ2n) is 10.3. The molecule has 15 heteroatoms. The zero-order valence-corrected chi connectivity index (χ0v) is 30.3. The van der Waals surface area contributed by atoms with E-state index in [-0.39, 0.29) is 49.0 Å². The monoisotopic (exact) mass is 927 g/mol. The number of hydrogen-bond donors (Lipinski definition) is 6. The zero-order chi connectivity index (χ0) is 31.6. The highest BCUT2D eigenvalue weighted by molar-refractivity contribution is 14.1. The Bertz CT molecular complexity index is 1120. The van der Waals surface area contributed by atoms with Gasteiger partial charge in [-0.3, -0.25) is 19.2 Å². The lowest BCUT2D eigenvalue weighted by Crippen LogP contribution is -2.51. The number of likely N-dealkylation sites (tertiary alicyclic amines) is 1. The number of rotatable bonds is 14. The predicted octanol–water partition coefficient (Wildman–Crippen LogP) is 1.73. The standard InChI is InChI=1S/C27H40I3N5O7/c1-15-6-9-34(10-7-15)26(41)17(5-3-4-8-31)32-25(40)18-20(28)19(27(42)35(11-13-36)12-14-37)22(30)23(21(18)29)33-24(39)16(2)38/h15-17,36-38H,3-14,31H2,1-2H3,(H,32,40)(H,33,39). The molecule has 42 heavy (non-hydrogen) atoms. The molecule has 0 saturated carbocycles. The van der Waals surface area contributed by atoms with Crippen LogP contribution in [0.4, 0.5) is 5.69 Å². The minimum Gasteiger partial charge on any atom is -0.395 e. The highest BCUT2D eigenvalue weighted by Gasteiger charge is 2.34. The van der Waals surface area contributed by atoms with Crippen LogP contribution in [-0.4, -0.2) is 107 Å². The van der Waals surface area contributed by atoms with Gasteiger partial charge in [-0.15, -0.1) is 0 Å². The molecule has 0 aliphatic carbocycles. The summed E-state index contributed by atoms with van der Waals surface area (Å²) in [6, 6.07) is -0.807. The SMILES string of the molecule is CC1CCN(C(=O)C(CCCCN)NC(=O)c2c(I)c(NC(=O)C(C)O)c(I)c(C(=O)N(CCO)CCO)c2I)CC1. The molecule has 7 N–H and O–H groups in total. The van der Waals surface area contributed by atoms with Crippen molar-refractivity contribution in [2.45, 2.75) is 58.1 Å². The minimum atomic E-state index is -1.36. The van der Waals surface area contributed by atoms with E-state index in [1.807, 2.05) is 67.8 Å². The summed E-state index contributed by atoms with van der Waals surface area (Å²) in [5.41, 5.74) is 6.04. The number of aliphatic hydroxyl groups is 3. The van der Waals surface area contributed by atoms with Gasteiger partial charge in [-0.1, -0.05) is 6.92 Å². The van der Waals surface area contributed by atoms with Crippen LogP contribution in [-0.2, 0) is 9.59 Å². The van der Waals surface area contributed by atoms with Crippen LogP contribution in [0.25, 0.3) is 0 Å². The van der Waals surface area contributed by atoms with E-state index in [4.69, 9.17) is 5.73 Å². The van der Waals surface area contributed by atoms with Crippen molar-refractivity contribution < 1.29 is 34.5 Å². The Balaban J connectivity index is 2.60. The summed E-state index contributed by atoms with van der Waals surface area (Å²) < 4.78 is 0.955. The maximum Gasteiger partial charge on any atom is 0.256 e. The largest absolute Gasteiger partial charge is 0.395 e. The summed E-state index contributed by atoms with van der Waals surface area (Å²) >= 11 is 5.72. The predicted molar refractivity (Wildman–Crippen MR) is 184 cm³/mol. The molecule has 4 amide bonds. The molecular weight excluding hydrogens is 887 g/mol. The molecule has 2 atom stereocenters. The number of nitrogens with one attached hydrogen (secondary N) is 2. The van der Waals surface area contributed by atoms with Gasteiger partial charge >= 0.3 is 0 Å². The summed E-state index contributed by atoms with van der Waals surface area (Å²) in [7, 11) is 0. The van der Waals surface area contributed by atoms with Crippen molar-refractivity contribution in [2.24, 2.45) is 11.7 Å². The van der Waals surface area contributed by atoms with Gasteiger partial charge in [-0.2, -0.15) is 0 Å². The third kappa shape index (κ3) is 9.82. The fourth-order valence-corrected chi connectivity index (χ4v) is 8.92. The lowest BCUT2D eigenvalue weighted by Gasteiger charge is -2.33. The summed E-state index contributed by atoms with van der Waals surface area (Å²) in [6.07, 6.45) is 2.13. The van der Waals surface area contributed by atoms with E-state index in [9.17, 15) is 34.5 Å². The molecule has 1 heterocycles. The molecule has 1 aliphatic heterocycles. The number of piperidine rings is 1. The number of aliphatic hydroxyl groups excluding tert-OH is 3. The van der Waals surface area contributed by atoms with Crippen LogP contribution in [0.2, 0.25) is 0 Å². The van der Waals surface area contributed by atoms with Crippen molar-refractivity contribution in [3.8, 4) is 0 Å². The average molecular weight is 927 g/mol. The number of amides is 4. The second kappa shape index (κ2) is 18.2. The molecule has 0 spiro atoms. The molecule has 12 nitrogen and oxygen atoms in total. The molecule has 1 fully saturated rings. The van der Waals surface area contributed by atoms with E-state index < -0.39 is 29.9 Å². The smallest absolute Gasteiger partial charge is 0.256 e. The fraction of sp³-hybridized carbons (Fsp3) is 0.630. The first-order valence-electron chi connectivity index (χ1n) is 13.9. The van der Waals surface area contributed by atoms with E-state index in [0.29, 0.717) is 55.5 Å². The Hall–Kier alpha value is -0.870. The number of hydrogen-bond acceptors (Lipinski definition) is 8. The van der Waals surface area contributed by atoms with Crippen LogP contribution >= 0.6 is 67.8 Å². The zero-order valence-electron chi connectivity index (χ0n) is 23.8. The Morgan fingerprint density at radius 1 is 1.00 bits per heavy atom. The van der Waals surface area contributed by atoms with Gasteiger partial charge in [0.25, 0.3) is 17.7 Å². The van der Waals surface area contributed by atoms with E-state index in [1.165, 1.54) is 11.8 Å². The van der Waals surface area contributed by atoms with Crippen LogP contribution in [0.15, 0.2) is 0 Å². The molecule has 2 unspecified atom stereocenters. The van der Waals surface area contributed by atoms with Gasteiger partial charge in [0.05, 0.1) is 37.2 Å². The van der Waals surface area contributed by atoms with Crippen molar-refractivity contribution in [3.63, 3.8) is 0 Å². The van der Waals surface area contributed by atoms with E-state index in [2.05, 4.69) is 17.6 Å². The van der Waals surface area contributed by atoms with Gasteiger partial charge < -0.3 is 41.5 Å². The maximum absolute atomic E-state index is 14.0. The Morgan fingerprint density at radius 2 is 1.57 bits per heavy atom. The fourth-order valence-electron chi connectivity index (χ4n) is 4.53. The van der Waals surface area contributed by atoms with Crippen molar-refractivity contribution in [1.82, 2.24) is 15.1 Å². The molecule has 236 valence electrons. The highest BCUT2D eigenvalue weighted by Crippen LogP contribution is 2.36. The van der Waals surface area contributed by atoms with Crippen molar-refractivity contribution in [2.75, 3.05) is 51.3 Å². The maximum atomic E-state index is 14.0. The number of carbonyl (C=O) groups excluding carboxylic acids is 4. The summed E-state index contributed by atoms with van der Waals surface area (Å²) in [6.45, 7) is 4.33. The van der Waals surface area contributed by atoms with Crippen LogP contribution in [0, 0.1) is 16.6 Å². The highest BCUT2D eigenvalue weighted by atomic mass is 127. The van der Waals surface area contributed by atoms with Crippen molar-refractivity contribution >= 4 is 97.1 Å². The van der Waals surface area contributed by atoms with Crippen molar-refractivity contribution in [1.29, 1.82) is 0 Å². The summed E-state index contributed by atoms with van der Waals surface area (Å²) in [5, 5.41) is 34.4. The van der Waals surface area contributed by atoms with Crippen LogP contribution < -0.4 is 16.4 Å². The molecule has 0 aromatic heterocycles. The topological polar surface area (TPSA) is 186 Å². The molecule has 1 aromatic carbocycles. The summed E-state index contributed by atoms with van der Waals surface area (Å²) in [5.74, 6) is -1.51. The van der Waals surface area contributed by atoms with Crippen LogP contribution in [0.3, 0.4) is 0 Å². The molecule has 0 bridgehead atoms. The molecule has 1 aliphatic rings. The normalized spacial score (nSPS) is 15.2. The van der Waals surface area contributed by atoms with Gasteiger partial charge in [0, 0.05) is 29.7 Å². The first-order chi connectivity index (χ1) is 19.9. The molecule has 0 radical (unpaired) electrons. The van der Waals surface area contributed by atoms with E-state index in [1.54, 1.807) is 4.90 Å². The lowest BCUT2D eigenvalue weighted by molar-refractivity contribution is -0.134.